The zero-order chi connectivity index (χ0) is 23.0. The van der Waals surface area contributed by atoms with Crippen LogP contribution in [0, 0.1) is 5.82 Å². The normalized spacial score (nSPS) is 12.8. The smallest absolute Gasteiger partial charge is 0.494 e. The van der Waals surface area contributed by atoms with E-state index in [2.05, 4.69) is 8.61 Å². The Morgan fingerprint density at radius 1 is 1.00 bits per heavy atom. The first-order chi connectivity index (χ1) is 14.3. The second-order valence-electron chi connectivity index (χ2n) is 6.20. The summed E-state index contributed by atoms with van der Waals surface area (Å²) in [6.45, 7) is 0. The lowest BCUT2D eigenvalue weighted by atomic mass is 9.99. The van der Waals surface area contributed by atoms with Crippen molar-refractivity contribution in [1.82, 2.24) is 4.98 Å². The van der Waals surface area contributed by atoms with E-state index >= 15 is 0 Å². The quantitative estimate of drug-likeness (QED) is 0.392. The number of hydrogen-bond donors (Lipinski definition) is 0. The second kappa shape index (κ2) is 8.05. The van der Waals surface area contributed by atoms with Crippen LogP contribution in [0.25, 0.3) is 22.0 Å². The van der Waals surface area contributed by atoms with Crippen molar-refractivity contribution in [3.8, 4) is 16.9 Å². The van der Waals surface area contributed by atoms with E-state index in [0.29, 0.717) is 22.2 Å². The van der Waals surface area contributed by atoms with Gasteiger partial charge in [-0.25, -0.2) is 4.39 Å². The van der Waals surface area contributed by atoms with Crippen LogP contribution >= 0.6 is 0 Å². The van der Waals surface area contributed by atoms with Gasteiger partial charge in [0.1, 0.15) is 22.8 Å². The molecule has 0 spiro atoms. The predicted octanol–water partition coefficient (Wildman–Crippen LogP) is 3.75. The number of nitrogens with zero attached hydrogens (tertiary/aromatic N) is 1. The van der Waals surface area contributed by atoms with E-state index in [-0.39, 0.29) is 11.1 Å². The molecule has 1 heterocycles. The molecule has 0 aliphatic heterocycles. The molecular weight excluding hydrogens is 466 g/mol. The average molecular weight is 479 g/mol. The summed E-state index contributed by atoms with van der Waals surface area (Å²) in [6, 6.07) is 9.33. The Balaban J connectivity index is 2.04. The first kappa shape index (κ1) is 22.9. The predicted molar refractivity (Wildman–Crippen MR) is 102 cm³/mol. The largest absolute Gasteiger partial charge is 0.524 e. The van der Waals surface area contributed by atoms with Gasteiger partial charge in [0.2, 0.25) is 0 Å². The van der Waals surface area contributed by atoms with Crippen LogP contribution < -0.4 is 4.74 Å². The third kappa shape index (κ3) is 4.78. The lowest BCUT2D eigenvalue weighted by Gasteiger charge is -2.12. The average Bonchev–Trinajstić information content (AvgIpc) is 2.66. The minimum absolute atomic E-state index is 0.0768. The van der Waals surface area contributed by atoms with Crippen LogP contribution in [0.1, 0.15) is 5.56 Å². The molecule has 0 amide bonds. The van der Waals surface area contributed by atoms with Crippen LogP contribution in [0.15, 0.2) is 48.7 Å². The van der Waals surface area contributed by atoms with Gasteiger partial charge in [-0.15, -0.1) is 3.63 Å². The van der Waals surface area contributed by atoms with Gasteiger partial charge in [-0.1, -0.05) is 18.2 Å². The summed E-state index contributed by atoms with van der Waals surface area (Å²) in [4.78, 5) is 4.18. The molecule has 31 heavy (non-hydrogen) atoms. The number of rotatable bonds is 6. The van der Waals surface area contributed by atoms with E-state index in [0.717, 1.165) is 18.2 Å². The molecule has 13 heteroatoms. The Bertz CT molecular complexity index is 1360. The molecule has 3 aromatic rings. The molecule has 2 aromatic carbocycles. The Morgan fingerprint density at radius 2 is 1.71 bits per heavy atom. The van der Waals surface area contributed by atoms with Crippen LogP contribution in [0.3, 0.4) is 0 Å². The summed E-state index contributed by atoms with van der Waals surface area (Å²) in [5.74, 6) is -1.58. The van der Waals surface area contributed by atoms with Crippen molar-refractivity contribution in [3.63, 3.8) is 0 Å². The van der Waals surface area contributed by atoms with Gasteiger partial charge in [0.15, 0.2) is 0 Å². The Morgan fingerprint density at radius 3 is 2.35 bits per heavy atom. The number of aromatic nitrogens is 1. The van der Waals surface area contributed by atoms with Crippen molar-refractivity contribution >= 4 is 31.1 Å². The standard InChI is InChI=1S/C18H13F4NO6S2/c1-28-16-4-2-3-13-12(7-8-23-17(13)16)14-9-11(5-6-15(14)19)10-30(24,25)29-31(26,27)18(20,21)22/h2-9H,10H2,1H3. The lowest BCUT2D eigenvalue weighted by molar-refractivity contribution is -0.0498. The number of hydrogen-bond acceptors (Lipinski definition) is 7. The number of pyridine rings is 1. The van der Waals surface area contributed by atoms with Gasteiger partial charge in [-0.05, 0) is 35.4 Å². The van der Waals surface area contributed by atoms with Gasteiger partial charge in [-0.2, -0.15) is 30.0 Å². The highest BCUT2D eigenvalue weighted by Crippen LogP contribution is 2.34. The molecule has 0 atom stereocenters. The Hall–Kier alpha value is -2.77. The van der Waals surface area contributed by atoms with E-state index in [4.69, 9.17) is 4.74 Å². The molecule has 0 radical (unpaired) electrons. The van der Waals surface area contributed by atoms with Gasteiger partial charge in [0.05, 0.1) is 7.11 Å². The maximum atomic E-state index is 14.5. The number of para-hydroxylation sites is 1. The monoisotopic (exact) mass is 479 g/mol. The molecule has 0 bridgehead atoms. The van der Waals surface area contributed by atoms with Crippen molar-refractivity contribution in [2.45, 2.75) is 11.3 Å². The molecule has 0 fully saturated rings. The number of ether oxygens (including phenoxy) is 1. The fourth-order valence-electron chi connectivity index (χ4n) is 2.82. The molecule has 166 valence electrons. The first-order valence-electron chi connectivity index (χ1n) is 8.30. The number of alkyl halides is 3. The van der Waals surface area contributed by atoms with Gasteiger partial charge in [0.25, 0.3) is 10.1 Å². The first-order valence-corrected chi connectivity index (χ1v) is 11.3. The van der Waals surface area contributed by atoms with Crippen LogP contribution in [-0.4, -0.2) is 34.4 Å². The molecule has 0 N–H and O–H groups in total. The van der Waals surface area contributed by atoms with Crippen LogP contribution in [0.4, 0.5) is 17.6 Å². The minimum Gasteiger partial charge on any atom is -0.494 e. The molecule has 1 aromatic heterocycles. The van der Waals surface area contributed by atoms with Crippen molar-refractivity contribution < 1.29 is 42.8 Å². The lowest BCUT2D eigenvalue weighted by Crippen LogP contribution is -2.28. The maximum Gasteiger partial charge on any atom is 0.524 e. The maximum absolute atomic E-state index is 14.5. The number of benzene rings is 2. The number of halogens is 4. The zero-order valence-electron chi connectivity index (χ0n) is 15.6. The van der Waals surface area contributed by atoms with Gasteiger partial charge < -0.3 is 4.74 Å². The SMILES string of the molecule is COc1cccc2c(-c3cc(CS(=O)(=O)OS(=O)(=O)C(F)(F)F)ccc3F)ccnc12. The number of methoxy groups -OCH3 is 1. The summed E-state index contributed by atoms with van der Waals surface area (Å²) < 4.78 is 106. The topological polar surface area (TPSA) is 99.6 Å². The number of fused-ring (bicyclic) bond motifs is 1. The van der Waals surface area contributed by atoms with E-state index in [1.807, 2.05) is 0 Å². The summed E-state index contributed by atoms with van der Waals surface area (Å²) >= 11 is 0. The van der Waals surface area contributed by atoms with Crippen molar-refractivity contribution in [3.05, 3.63) is 60.0 Å². The van der Waals surface area contributed by atoms with E-state index < -0.39 is 37.3 Å². The van der Waals surface area contributed by atoms with E-state index in [1.54, 1.807) is 18.2 Å². The van der Waals surface area contributed by atoms with E-state index in [9.17, 15) is 34.4 Å². The second-order valence-corrected chi connectivity index (χ2v) is 9.52. The third-order valence-corrected chi connectivity index (χ3v) is 6.89. The highest BCUT2D eigenvalue weighted by atomic mass is 32.3. The van der Waals surface area contributed by atoms with Gasteiger partial charge >= 0.3 is 15.6 Å². The molecule has 0 saturated heterocycles. The fourth-order valence-corrected chi connectivity index (χ4v) is 5.00. The fraction of sp³-hybridized carbons (Fsp3) is 0.167. The highest BCUT2D eigenvalue weighted by molar-refractivity contribution is 7.99. The summed E-state index contributed by atoms with van der Waals surface area (Å²) in [7, 11) is -10.1. The van der Waals surface area contributed by atoms with Crippen molar-refractivity contribution in [2.75, 3.05) is 7.11 Å². The third-order valence-electron chi connectivity index (χ3n) is 4.10. The van der Waals surface area contributed by atoms with Crippen molar-refractivity contribution in [1.29, 1.82) is 0 Å². The van der Waals surface area contributed by atoms with Gasteiger partial charge in [-0.3, -0.25) is 4.98 Å². The molecular formula is C18H13F4NO6S2. The van der Waals surface area contributed by atoms with Crippen LogP contribution in [0.5, 0.6) is 5.75 Å². The Kier molecular flexibility index (Phi) is 5.95. The highest BCUT2D eigenvalue weighted by Gasteiger charge is 2.50. The van der Waals surface area contributed by atoms with E-state index in [1.165, 1.54) is 19.4 Å². The summed E-state index contributed by atoms with van der Waals surface area (Å²) in [5.41, 5.74) is -5.47. The van der Waals surface area contributed by atoms with Crippen LogP contribution in [-0.2, 0) is 29.6 Å². The zero-order valence-corrected chi connectivity index (χ0v) is 17.2. The molecule has 3 rings (SSSR count). The summed E-state index contributed by atoms with van der Waals surface area (Å²) in [6.07, 6.45) is 1.38. The van der Waals surface area contributed by atoms with Crippen LogP contribution in [0.2, 0.25) is 0 Å². The molecule has 7 nitrogen and oxygen atoms in total. The molecule has 0 saturated carbocycles. The van der Waals surface area contributed by atoms with Gasteiger partial charge in [0, 0.05) is 17.1 Å². The Labute approximate surface area is 174 Å². The van der Waals surface area contributed by atoms with Crippen molar-refractivity contribution in [2.24, 2.45) is 0 Å². The molecule has 0 aliphatic rings. The minimum atomic E-state index is -6.37. The molecule has 0 aliphatic carbocycles. The molecule has 0 unspecified atom stereocenters. The summed E-state index contributed by atoms with van der Waals surface area (Å²) in [5, 5.41) is 0.469.